The quantitative estimate of drug-likeness (QED) is 0.233. The first kappa shape index (κ1) is 30.8. The Labute approximate surface area is 237 Å². The van der Waals surface area contributed by atoms with Gasteiger partial charge >= 0.3 is 17.9 Å². The lowest BCUT2D eigenvalue weighted by Gasteiger charge is -2.60. The van der Waals surface area contributed by atoms with Crippen LogP contribution in [0.1, 0.15) is 78.1 Å². The molecular weight excluding hydrogens is 538 g/mol. The average Bonchev–Trinajstić information content (AvgIpc) is 3.16. The molecule has 0 aromatic heterocycles. The number of aliphatic hydroxyl groups is 2. The Bertz CT molecular complexity index is 1180. The number of carboxylic acid groups (broad SMARTS) is 2. The SMILES string of the molecule is C[C@]12CCC(=O)C=C1CCC1C2C(O)C[C@@]2(C)C1CC[C@]2(O)C(=O)COC(=O)CCC(=O)NC(CC(=O)O)C(=O)O. The fourth-order valence-corrected chi connectivity index (χ4v) is 8.34. The van der Waals surface area contributed by atoms with Gasteiger partial charge in [0.1, 0.15) is 11.6 Å². The number of carbonyl (C=O) groups is 6. The first-order chi connectivity index (χ1) is 19.1. The maximum absolute atomic E-state index is 13.3. The molecular formula is C29H39NO11. The van der Waals surface area contributed by atoms with Gasteiger partial charge in [0.25, 0.3) is 0 Å². The average molecular weight is 578 g/mol. The van der Waals surface area contributed by atoms with Crippen molar-refractivity contribution in [1.82, 2.24) is 5.32 Å². The maximum atomic E-state index is 13.3. The predicted molar refractivity (Wildman–Crippen MR) is 140 cm³/mol. The molecule has 4 rings (SSSR count). The topological polar surface area (TPSA) is 205 Å². The third-order valence-corrected chi connectivity index (χ3v) is 10.4. The summed E-state index contributed by atoms with van der Waals surface area (Å²) in [6.45, 7) is 3.23. The second-order valence-corrected chi connectivity index (χ2v) is 12.6. The number of fused-ring (bicyclic) bond motifs is 5. The molecule has 0 aromatic rings. The third-order valence-electron chi connectivity index (χ3n) is 10.4. The number of ether oxygens (including phenoxy) is 1. The predicted octanol–water partition coefficient (Wildman–Crippen LogP) is 1.16. The number of allylic oxidation sites excluding steroid dienone is 1. The van der Waals surface area contributed by atoms with Gasteiger partial charge in [-0.25, -0.2) is 4.79 Å². The van der Waals surface area contributed by atoms with Gasteiger partial charge in [0.15, 0.2) is 12.4 Å². The number of hydrogen-bond acceptors (Lipinski definition) is 9. The molecule has 4 aliphatic rings. The zero-order chi connectivity index (χ0) is 30.3. The van der Waals surface area contributed by atoms with Crippen LogP contribution >= 0.6 is 0 Å². The Morgan fingerprint density at radius 2 is 1.78 bits per heavy atom. The Hall–Kier alpha value is -3.12. The van der Waals surface area contributed by atoms with Gasteiger partial charge in [-0.1, -0.05) is 19.4 Å². The highest BCUT2D eigenvalue weighted by Gasteiger charge is 2.68. The Morgan fingerprint density at radius 1 is 1.07 bits per heavy atom. The van der Waals surface area contributed by atoms with Crippen LogP contribution in [0.4, 0.5) is 0 Å². The number of hydrogen-bond donors (Lipinski definition) is 5. The minimum atomic E-state index is -1.81. The van der Waals surface area contributed by atoms with E-state index in [2.05, 4.69) is 6.92 Å². The van der Waals surface area contributed by atoms with Crippen LogP contribution in [0, 0.1) is 28.6 Å². The highest BCUT2D eigenvalue weighted by Crippen LogP contribution is 2.67. The lowest BCUT2D eigenvalue weighted by atomic mass is 9.45. The van der Waals surface area contributed by atoms with E-state index < -0.39 is 78.6 Å². The molecule has 0 saturated heterocycles. The third kappa shape index (κ3) is 5.55. The number of ketones is 2. The molecule has 1 amide bonds. The molecule has 0 aromatic carbocycles. The van der Waals surface area contributed by atoms with Crippen LogP contribution in [0.15, 0.2) is 11.6 Å². The Balaban J connectivity index is 1.36. The lowest BCUT2D eigenvalue weighted by Crippen LogP contribution is -2.62. The summed E-state index contributed by atoms with van der Waals surface area (Å²) in [6.07, 6.45) is 2.74. The molecule has 0 aliphatic heterocycles. The van der Waals surface area contributed by atoms with E-state index in [1.165, 1.54) is 0 Å². The molecule has 0 spiro atoms. The van der Waals surface area contributed by atoms with Crippen molar-refractivity contribution < 1.29 is 53.9 Å². The summed E-state index contributed by atoms with van der Waals surface area (Å²) < 4.78 is 5.06. The molecule has 0 radical (unpaired) electrons. The zero-order valence-electron chi connectivity index (χ0n) is 23.4. The second-order valence-electron chi connectivity index (χ2n) is 12.6. The summed E-state index contributed by atoms with van der Waals surface area (Å²) in [5.41, 5.74) is -1.97. The highest BCUT2D eigenvalue weighted by atomic mass is 16.5. The van der Waals surface area contributed by atoms with Crippen molar-refractivity contribution in [3.05, 3.63) is 11.6 Å². The van der Waals surface area contributed by atoms with Crippen LogP contribution in [-0.4, -0.2) is 80.2 Å². The molecule has 3 fully saturated rings. The van der Waals surface area contributed by atoms with Gasteiger partial charge in [0, 0.05) is 18.3 Å². The van der Waals surface area contributed by atoms with Gasteiger partial charge in [-0.3, -0.25) is 24.0 Å². The second kappa shape index (κ2) is 11.3. The lowest BCUT2D eigenvalue weighted by molar-refractivity contribution is -0.184. The van der Waals surface area contributed by atoms with Gasteiger partial charge in [-0.15, -0.1) is 0 Å². The summed E-state index contributed by atoms with van der Waals surface area (Å²) in [7, 11) is 0. The molecule has 8 atom stereocenters. The van der Waals surface area contributed by atoms with E-state index in [-0.39, 0.29) is 41.8 Å². The van der Waals surface area contributed by atoms with E-state index in [1.807, 2.05) is 12.2 Å². The molecule has 4 aliphatic carbocycles. The number of Topliss-reactive ketones (excluding diaryl/α,β-unsaturated/α-hetero) is 1. The monoisotopic (exact) mass is 577 g/mol. The summed E-state index contributed by atoms with van der Waals surface area (Å²) in [5, 5.41) is 43.0. The molecule has 41 heavy (non-hydrogen) atoms. The van der Waals surface area contributed by atoms with Gasteiger partial charge in [-0.2, -0.15) is 0 Å². The van der Waals surface area contributed by atoms with Crippen LogP contribution < -0.4 is 5.32 Å². The van der Waals surface area contributed by atoms with E-state index in [1.54, 1.807) is 6.08 Å². The van der Waals surface area contributed by atoms with E-state index in [9.17, 15) is 39.0 Å². The molecule has 12 nitrogen and oxygen atoms in total. The van der Waals surface area contributed by atoms with Gasteiger partial charge in [0.05, 0.1) is 18.9 Å². The normalized spacial score (nSPS) is 36.6. The van der Waals surface area contributed by atoms with Crippen molar-refractivity contribution in [3.63, 3.8) is 0 Å². The number of amides is 1. The van der Waals surface area contributed by atoms with Gasteiger partial charge in [-0.05, 0) is 67.8 Å². The van der Waals surface area contributed by atoms with E-state index >= 15 is 0 Å². The number of aliphatic carboxylic acids is 2. The number of carboxylic acids is 2. The van der Waals surface area contributed by atoms with Gasteiger partial charge in [0.2, 0.25) is 11.7 Å². The summed E-state index contributed by atoms with van der Waals surface area (Å²) in [5.74, 6) is -5.32. The van der Waals surface area contributed by atoms with Crippen LogP contribution in [0.2, 0.25) is 0 Å². The smallest absolute Gasteiger partial charge is 0.326 e. The molecule has 3 saturated carbocycles. The summed E-state index contributed by atoms with van der Waals surface area (Å²) in [6, 6.07) is -1.65. The van der Waals surface area contributed by atoms with Gasteiger partial charge < -0.3 is 30.5 Å². The van der Waals surface area contributed by atoms with Crippen LogP contribution in [-0.2, 0) is 33.5 Å². The van der Waals surface area contributed by atoms with Crippen molar-refractivity contribution in [3.8, 4) is 0 Å². The van der Waals surface area contributed by atoms with E-state index in [4.69, 9.17) is 14.9 Å². The minimum absolute atomic E-state index is 0.0340. The molecule has 0 heterocycles. The Morgan fingerprint density at radius 3 is 2.44 bits per heavy atom. The Kier molecular flexibility index (Phi) is 8.48. The van der Waals surface area contributed by atoms with Crippen molar-refractivity contribution in [2.75, 3.05) is 6.61 Å². The number of carbonyl (C=O) groups excluding carboxylic acids is 4. The van der Waals surface area contributed by atoms with Crippen molar-refractivity contribution in [2.24, 2.45) is 28.6 Å². The number of rotatable bonds is 10. The molecule has 12 heteroatoms. The largest absolute Gasteiger partial charge is 0.481 e. The highest BCUT2D eigenvalue weighted by molar-refractivity contribution is 5.92. The van der Waals surface area contributed by atoms with Crippen LogP contribution in [0.5, 0.6) is 0 Å². The van der Waals surface area contributed by atoms with E-state index in [0.29, 0.717) is 19.3 Å². The van der Waals surface area contributed by atoms with Crippen molar-refractivity contribution in [2.45, 2.75) is 95.8 Å². The van der Waals surface area contributed by atoms with Crippen molar-refractivity contribution >= 4 is 35.4 Å². The van der Waals surface area contributed by atoms with Crippen LogP contribution in [0.25, 0.3) is 0 Å². The van der Waals surface area contributed by atoms with Crippen LogP contribution in [0.3, 0.4) is 0 Å². The summed E-state index contributed by atoms with van der Waals surface area (Å²) in [4.78, 5) is 71.5. The standard InChI is InChI=1S/C29H39NO11/c1-27-9-7-16(31)11-15(27)3-4-17-18-8-10-29(40,28(18,2)13-20(32)25(17)27)21(33)14-41-24(37)6-5-22(34)30-19(26(38)39)12-23(35)36/h11,17-20,25,32,40H,3-10,12-14H2,1-2H3,(H,30,34)(H,35,36)(H,38,39)/t17?,18?,19?,20?,25?,27-,28-,29-/m0/s1. The molecule has 5 N–H and O–H groups in total. The molecule has 0 bridgehead atoms. The molecule has 5 unspecified atom stereocenters. The molecule has 226 valence electrons. The first-order valence-electron chi connectivity index (χ1n) is 14.2. The summed E-state index contributed by atoms with van der Waals surface area (Å²) >= 11 is 0. The number of nitrogens with one attached hydrogen (secondary N) is 1. The number of esters is 1. The number of aliphatic hydroxyl groups excluding tert-OH is 1. The zero-order valence-corrected chi connectivity index (χ0v) is 23.4. The fraction of sp³-hybridized carbons (Fsp3) is 0.724. The maximum Gasteiger partial charge on any atom is 0.326 e. The minimum Gasteiger partial charge on any atom is -0.481 e. The van der Waals surface area contributed by atoms with E-state index in [0.717, 1.165) is 18.4 Å². The fourth-order valence-electron chi connectivity index (χ4n) is 8.34. The first-order valence-corrected chi connectivity index (χ1v) is 14.2. The van der Waals surface area contributed by atoms with Crippen molar-refractivity contribution in [1.29, 1.82) is 0 Å².